The summed E-state index contributed by atoms with van der Waals surface area (Å²) >= 11 is 0. The molecule has 2 rings (SSSR count). The summed E-state index contributed by atoms with van der Waals surface area (Å²) in [5.41, 5.74) is 0. The summed E-state index contributed by atoms with van der Waals surface area (Å²) in [5.74, 6) is 0.729. The van der Waals surface area contributed by atoms with Crippen LogP contribution in [0.5, 0.6) is 0 Å². The lowest BCUT2D eigenvalue weighted by Gasteiger charge is -2.29. The molecule has 1 aliphatic carbocycles. The monoisotopic (exact) mass is 189 g/mol. The molecule has 1 heterocycles. The minimum Gasteiger partial charge on any atom is -0.309 e. The molecule has 70 valence electrons. The maximum absolute atomic E-state index is 10.8. The molecule has 0 aromatic heterocycles. The van der Waals surface area contributed by atoms with Crippen molar-refractivity contribution < 1.29 is 8.42 Å². The predicted molar refractivity (Wildman–Crippen MR) is 47.8 cm³/mol. The third-order valence-electron chi connectivity index (χ3n) is 2.74. The van der Waals surface area contributed by atoms with Crippen molar-refractivity contribution in [3.8, 4) is 0 Å². The van der Waals surface area contributed by atoms with Gasteiger partial charge >= 0.3 is 0 Å². The molecule has 0 aromatic carbocycles. The summed E-state index contributed by atoms with van der Waals surface area (Å²) in [4.78, 5) is 0. The molecule has 12 heavy (non-hydrogen) atoms. The number of hydrogen-bond acceptors (Lipinski definition) is 3. The van der Waals surface area contributed by atoms with Crippen molar-refractivity contribution in [2.24, 2.45) is 0 Å². The van der Waals surface area contributed by atoms with Crippen molar-refractivity contribution in [2.75, 3.05) is 11.5 Å². The summed E-state index contributed by atoms with van der Waals surface area (Å²) in [6, 6.07) is 0.864. The average molecular weight is 189 g/mol. The van der Waals surface area contributed by atoms with Crippen LogP contribution < -0.4 is 5.32 Å². The highest BCUT2D eigenvalue weighted by Gasteiger charge is 2.34. The fraction of sp³-hybridized carbons (Fsp3) is 1.00. The molecule has 0 aromatic rings. The standard InChI is InChI=1S/C8H15NO2S/c10-12(11)5-8(6-12)9-7-3-1-2-4-7/h7-9H,1-6H2. The van der Waals surface area contributed by atoms with Crippen molar-refractivity contribution in [1.29, 1.82) is 0 Å². The third kappa shape index (κ3) is 1.80. The first-order valence-corrected chi connectivity index (χ1v) is 6.44. The molecule has 1 saturated carbocycles. The molecule has 0 bridgehead atoms. The van der Waals surface area contributed by atoms with Crippen molar-refractivity contribution >= 4 is 9.84 Å². The van der Waals surface area contributed by atoms with Gasteiger partial charge in [0.05, 0.1) is 11.5 Å². The zero-order valence-electron chi connectivity index (χ0n) is 7.12. The third-order valence-corrected chi connectivity index (χ3v) is 4.56. The van der Waals surface area contributed by atoms with Gasteiger partial charge in [0.1, 0.15) is 0 Å². The Balaban J connectivity index is 1.75. The van der Waals surface area contributed by atoms with Crippen LogP contribution in [0.25, 0.3) is 0 Å². The zero-order valence-corrected chi connectivity index (χ0v) is 7.94. The number of hydrogen-bond donors (Lipinski definition) is 1. The van der Waals surface area contributed by atoms with Crippen LogP contribution >= 0.6 is 0 Å². The first-order chi connectivity index (χ1) is 5.66. The molecule has 1 saturated heterocycles. The van der Waals surface area contributed by atoms with Gasteiger partial charge in [0.2, 0.25) is 0 Å². The lowest BCUT2D eigenvalue weighted by Crippen LogP contribution is -2.53. The Kier molecular flexibility index (Phi) is 2.12. The SMILES string of the molecule is O=S1(=O)CC(NC2CCCC2)C1. The van der Waals surface area contributed by atoms with Gasteiger partial charge in [-0.05, 0) is 12.8 Å². The molecule has 1 N–H and O–H groups in total. The Morgan fingerprint density at radius 2 is 1.58 bits per heavy atom. The number of rotatable bonds is 2. The minimum atomic E-state index is -2.63. The van der Waals surface area contributed by atoms with Gasteiger partial charge in [0.25, 0.3) is 0 Å². The summed E-state index contributed by atoms with van der Waals surface area (Å²) in [6.45, 7) is 0. The Hall–Kier alpha value is -0.0900. The van der Waals surface area contributed by atoms with Crippen molar-refractivity contribution in [2.45, 2.75) is 37.8 Å². The molecule has 1 aliphatic heterocycles. The van der Waals surface area contributed by atoms with Crippen molar-refractivity contribution in [3.05, 3.63) is 0 Å². The summed E-state index contributed by atoms with van der Waals surface area (Å²) in [6.07, 6.45) is 5.07. The first-order valence-electron chi connectivity index (χ1n) is 4.62. The molecular formula is C8H15NO2S. The van der Waals surface area contributed by atoms with Gasteiger partial charge in [-0.2, -0.15) is 0 Å². The Labute approximate surface area is 73.5 Å². The van der Waals surface area contributed by atoms with Gasteiger partial charge in [0.15, 0.2) is 9.84 Å². The number of sulfone groups is 1. The average Bonchev–Trinajstić information content (AvgIpc) is 2.35. The van der Waals surface area contributed by atoms with E-state index < -0.39 is 9.84 Å². The second-order valence-electron chi connectivity index (χ2n) is 3.92. The van der Waals surface area contributed by atoms with E-state index in [1.54, 1.807) is 0 Å². The van der Waals surface area contributed by atoms with Crippen LogP contribution in [-0.4, -0.2) is 32.0 Å². The highest BCUT2D eigenvalue weighted by Crippen LogP contribution is 2.20. The molecule has 3 nitrogen and oxygen atoms in total. The van der Waals surface area contributed by atoms with E-state index in [4.69, 9.17) is 0 Å². The highest BCUT2D eigenvalue weighted by molar-refractivity contribution is 7.92. The second kappa shape index (κ2) is 3.00. The maximum atomic E-state index is 10.8. The van der Waals surface area contributed by atoms with E-state index in [2.05, 4.69) is 5.32 Å². The fourth-order valence-corrected chi connectivity index (χ4v) is 3.41. The van der Waals surface area contributed by atoms with Crippen LogP contribution in [-0.2, 0) is 9.84 Å². The largest absolute Gasteiger partial charge is 0.309 e. The van der Waals surface area contributed by atoms with E-state index in [0.29, 0.717) is 17.5 Å². The van der Waals surface area contributed by atoms with Gasteiger partial charge in [0, 0.05) is 12.1 Å². The maximum Gasteiger partial charge on any atom is 0.153 e. The van der Waals surface area contributed by atoms with E-state index in [0.717, 1.165) is 0 Å². The fourth-order valence-electron chi connectivity index (χ4n) is 2.09. The van der Waals surface area contributed by atoms with Gasteiger partial charge in [-0.25, -0.2) is 8.42 Å². The lowest BCUT2D eigenvalue weighted by molar-refractivity contribution is 0.444. The Morgan fingerprint density at radius 1 is 1.00 bits per heavy atom. The summed E-state index contributed by atoms with van der Waals surface area (Å²) in [7, 11) is -2.63. The summed E-state index contributed by atoms with van der Waals surface area (Å²) < 4.78 is 21.7. The van der Waals surface area contributed by atoms with Crippen LogP contribution in [0, 0.1) is 0 Å². The smallest absolute Gasteiger partial charge is 0.153 e. The Bertz CT molecular complexity index is 242. The molecule has 0 radical (unpaired) electrons. The molecule has 0 unspecified atom stereocenters. The molecule has 4 heteroatoms. The molecular weight excluding hydrogens is 174 g/mol. The highest BCUT2D eigenvalue weighted by atomic mass is 32.2. The Morgan fingerprint density at radius 3 is 2.08 bits per heavy atom. The van der Waals surface area contributed by atoms with Gasteiger partial charge in [-0.3, -0.25) is 0 Å². The topological polar surface area (TPSA) is 46.2 Å². The normalized spacial score (nSPS) is 30.3. The van der Waals surface area contributed by atoms with E-state index >= 15 is 0 Å². The molecule has 2 aliphatic rings. The van der Waals surface area contributed by atoms with Gasteiger partial charge in [-0.15, -0.1) is 0 Å². The molecule has 0 amide bonds. The quantitative estimate of drug-likeness (QED) is 0.680. The molecule has 0 spiro atoms. The van der Waals surface area contributed by atoms with Gasteiger partial charge < -0.3 is 5.32 Å². The van der Waals surface area contributed by atoms with Crippen molar-refractivity contribution in [1.82, 2.24) is 5.32 Å². The predicted octanol–water partition coefficient (Wildman–Crippen LogP) is 0.316. The van der Waals surface area contributed by atoms with Crippen LogP contribution in [0.1, 0.15) is 25.7 Å². The number of nitrogens with one attached hydrogen (secondary N) is 1. The van der Waals surface area contributed by atoms with Crippen LogP contribution in [0.2, 0.25) is 0 Å². The van der Waals surface area contributed by atoms with E-state index in [1.807, 2.05) is 0 Å². The summed E-state index contributed by atoms with van der Waals surface area (Å²) in [5, 5.41) is 3.39. The van der Waals surface area contributed by atoms with Gasteiger partial charge in [-0.1, -0.05) is 12.8 Å². The zero-order chi connectivity index (χ0) is 8.60. The lowest BCUT2D eigenvalue weighted by atomic mass is 10.2. The van der Waals surface area contributed by atoms with Crippen LogP contribution in [0.3, 0.4) is 0 Å². The minimum absolute atomic E-state index is 0.262. The van der Waals surface area contributed by atoms with E-state index in [1.165, 1.54) is 25.7 Å². The first kappa shape index (κ1) is 8.51. The van der Waals surface area contributed by atoms with Crippen molar-refractivity contribution in [3.63, 3.8) is 0 Å². The molecule has 2 fully saturated rings. The van der Waals surface area contributed by atoms with Crippen LogP contribution in [0.4, 0.5) is 0 Å². The van der Waals surface area contributed by atoms with Crippen LogP contribution in [0.15, 0.2) is 0 Å². The van der Waals surface area contributed by atoms with E-state index in [9.17, 15) is 8.42 Å². The second-order valence-corrected chi connectivity index (χ2v) is 6.08. The van der Waals surface area contributed by atoms with E-state index in [-0.39, 0.29) is 6.04 Å². The molecule has 0 atom stereocenters.